The molecule has 0 bridgehead atoms. The normalized spacial score (nSPS) is 13.1. The summed E-state index contributed by atoms with van der Waals surface area (Å²) in [6.45, 7) is 2.10. The summed E-state index contributed by atoms with van der Waals surface area (Å²) < 4.78 is 13.7. The zero-order valence-electron chi connectivity index (χ0n) is 31.6. The van der Waals surface area contributed by atoms with Crippen LogP contribution in [0.1, 0.15) is 25.3 Å². The highest BCUT2D eigenvalue weighted by Gasteiger charge is 2.47. The Bertz CT molecular complexity index is 3200. The van der Waals surface area contributed by atoms with Crippen LogP contribution >= 0.6 is 0 Å². The number of aryl methyl sites for hydroxylation is 1. The molecule has 8 aromatic carbocycles. The molecule has 0 saturated heterocycles. The van der Waals surface area contributed by atoms with E-state index in [1.54, 1.807) is 0 Å². The van der Waals surface area contributed by atoms with Gasteiger partial charge in [0.1, 0.15) is 22.3 Å². The average Bonchev–Trinajstić information content (AvgIpc) is 3.83. The zero-order chi connectivity index (χ0) is 37.6. The molecule has 0 atom stereocenters. The first-order valence-electron chi connectivity index (χ1n) is 20.1. The molecule has 4 heterocycles. The van der Waals surface area contributed by atoms with E-state index in [4.69, 9.17) is 8.83 Å². The van der Waals surface area contributed by atoms with Gasteiger partial charge < -0.3 is 18.5 Å². The molecule has 0 fully saturated rings. The molecule has 12 rings (SSSR count). The quantitative estimate of drug-likeness (QED) is 0.159. The van der Waals surface area contributed by atoms with Crippen LogP contribution < -0.4 is 20.6 Å². The topological polar surface area (TPSA) is 32.8 Å². The van der Waals surface area contributed by atoms with Crippen molar-refractivity contribution in [3.63, 3.8) is 0 Å². The number of fused-ring (bicyclic) bond motifs is 11. The first-order valence-corrected chi connectivity index (χ1v) is 20.1. The van der Waals surface area contributed by atoms with Crippen molar-refractivity contribution >= 4 is 90.1 Å². The van der Waals surface area contributed by atoms with Crippen LogP contribution in [0.15, 0.2) is 179 Å². The molecule has 0 amide bonds. The smallest absolute Gasteiger partial charge is 0.333 e. The van der Waals surface area contributed by atoms with E-state index in [2.05, 4.69) is 186 Å². The predicted octanol–water partition coefficient (Wildman–Crippen LogP) is 13.2. The van der Waals surface area contributed by atoms with Crippen LogP contribution in [0.25, 0.3) is 66.1 Å². The number of para-hydroxylation sites is 4. The third-order valence-corrected chi connectivity index (χ3v) is 12.2. The summed E-state index contributed by atoms with van der Waals surface area (Å²) in [5.41, 5.74) is 17.8. The van der Waals surface area contributed by atoms with Crippen molar-refractivity contribution in [3.05, 3.63) is 175 Å². The first-order chi connectivity index (χ1) is 28.2. The van der Waals surface area contributed by atoms with Gasteiger partial charge in [0, 0.05) is 67.1 Å². The number of anilines is 5. The Kier molecular flexibility index (Phi) is 7.09. The van der Waals surface area contributed by atoms with Gasteiger partial charge in [0.25, 0.3) is 0 Å². The molecule has 10 aromatic rings. The van der Waals surface area contributed by atoms with Crippen LogP contribution in [0.3, 0.4) is 0 Å². The SMILES string of the molecule is CCCCc1ccc(N2c3cc4oc5ccccc5c4cc3B3c4c2cc2c(oc5ccccc52)c4-c2ccccc2N3c2ccccc2)c(-c2ccccc2)c1. The molecule has 2 aromatic heterocycles. The zero-order valence-corrected chi connectivity index (χ0v) is 31.6. The van der Waals surface area contributed by atoms with Crippen molar-refractivity contribution in [2.24, 2.45) is 0 Å². The lowest BCUT2D eigenvalue weighted by molar-refractivity contribution is 0.669. The van der Waals surface area contributed by atoms with Crippen molar-refractivity contribution in [2.75, 3.05) is 9.71 Å². The van der Waals surface area contributed by atoms with Gasteiger partial charge >= 0.3 is 6.85 Å². The van der Waals surface area contributed by atoms with E-state index < -0.39 is 0 Å². The fourth-order valence-electron chi connectivity index (χ4n) is 9.67. The first kappa shape index (κ1) is 32.3. The van der Waals surface area contributed by atoms with Gasteiger partial charge in [0.05, 0.1) is 5.69 Å². The monoisotopic (exact) mass is 732 g/mol. The second-order valence-corrected chi connectivity index (χ2v) is 15.4. The molecule has 2 aliphatic rings. The van der Waals surface area contributed by atoms with E-state index in [9.17, 15) is 0 Å². The van der Waals surface area contributed by atoms with Crippen LogP contribution in [0.4, 0.5) is 28.4 Å². The predicted molar refractivity (Wildman–Crippen MR) is 239 cm³/mol. The van der Waals surface area contributed by atoms with Crippen LogP contribution in [-0.4, -0.2) is 6.85 Å². The summed E-state index contributed by atoms with van der Waals surface area (Å²) in [7, 11) is 0. The van der Waals surface area contributed by atoms with Crippen LogP contribution in [0.2, 0.25) is 0 Å². The van der Waals surface area contributed by atoms with E-state index in [1.807, 2.05) is 0 Å². The van der Waals surface area contributed by atoms with Gasteiger partial charge in [-0.2, -0.15) is 0 Å². The summed E-state index contributed by atoms with van der Waals surface area (Å²) >= 11 is 0. The molecular formula is C52H37BN2O2. The molecule has 0 radical (unpaired) electrons. The minimum absolute atomic E-state index is 0.168. The summed E-state index contributed by atoms with van der Waals surface area (Å²) in [6, 6.07) is 61.7. The van der Waals surface area contributed by atoms with Crippen LogP contribution in [0.5, 0.6) is 0 Å². The van der Waals surface area contributed by atoms with Crippen molar-refractivity contribution in [3.8, 4) is 22.3 Å². The lowest BCUT2D eigenvalue weighted by atomic mass is 9.43. The van der Waals surface area contributed by atoms with Crippen molar-refractivity contribution in [1.29, 1.82) is 0 Å². The lowest BCUT2D eigenvalue weighted by Crippen LogP contribution is -2.61. The molecule has 0 spiro atoms. The van der Waals surface area contributed by atoms with Gasteiger partial charge in [-0.3, -0.25) is 0 Å². The summed E-state index contributed by atoms with van der Waals surface area (Å²) in [5, 5.41) is 4.46. The van der Waals surface area contributed by atoms with Gasteiger partial charge in [-0.25, -0.2) is 0 Å². The van der Waals surface area contributed by atoms with E-state index in [1.165, 1.54) is 27.6 Å². The third-order valence-electron chi connectivity index (χ3n) is 12.2. The fourth-order valence-corrected chi connectivity index (χ4v) is 9.67. The van der Waals surface area contributed by atoms with Crippen LogP contribution in [0, 0.1) is 0 Å². The van der Waals surface area contributed by atoms with E-state index in [-0.39, 0.29) is 6.85 Å². The third kappa shape index (κ3) is 4.75. The van der Waals surface area contributed by atoms with Gasteiger partial charge in [0.15, 0.2) is 0 Å². The van der Waals surface area contributed by atoms with Crippen molar-refractivity contribution in [1.82, 2.24) is 0 Å². The summed E-state index contributed by atoms with van der Waals surface area (Å²) in [4.78, 5) is 5.08. The lowest BCUT2D eigenvalue weighted by Gasteiger charge is -2.46. The molecule has 270 valence electrons. The van der Waals surface area contributed by atoms with Gasteiger partial charge in [-0.05, 0) is 83.4 Å². The molecule has 57 heavy (non-hydrogen) atoms. The Morgan fingerprint density at radius 1 is 0.509 bits per heavy atom. The number of furan rings is 2. The summed E-state index contributed by atoms with van der Waals surface area (Å²) in [5.74, 6) is 0. The molecule has 0 aliphatic carbocycles. The van der Waals surface area contributed by atoms with Gasteiger partial charge in [-0.1, -0.05) is 129 Å². The molecule has 4 nitrogen and oxygen atoms in total. The Morgan fingerprint density at radius 2 is 1.21 bits per heavy atom. The molecule has 0 N–H and O–H groups in total. The molecule has 0 saturated carbocycles. The Balaban J connectivity index is 1.27. The van der Waals surface area contributed by atoms with Gasteiger partial charge in [0.2, 0.25) is 0 Å². The maximum atomic E-state index is 6.96. The second kappa shape index (κ2) is 12.5. The Morgan fingerprint density at radius 3 is 2.02 bits per heavy atom. The Hall–Kier alpha value is -6.98. The second-order valence-electron chi connectivity index (χ2n) is 15.4. The van der Waals surface area contributed by atoms with E-state index in [0.29, 0.717) is 0 Å². The fraction of sp³-hybridized carbons (Fsp3) is 0.0769. The van der Waals surface area contributed by atoms with E-state index in [0.717, 1.165) is 103 Å². The molecule has 0 unspecified atom stereocenters. The minimum atomic E-state index is -0.168. The highest BCUT2D eigenvalue weighted by atomic mass is 16.3. The van der Waals surface area contributed by atoms with Crippen molar-refractivity contribution in [2.45, 2.75) is 26.2 Å². The number of unbranched alkanes of at least 4 members (excludes halogenated alkanes) is 1. The van der Waals surface area contributed by atoms with Crippen molar-refractivity contribution < 1.29 is 8.83 Å². The van der Waals surface area contributed by atoms with E-state index >= 15 is 0 Å². The molecule has 5 heteroatoms. The number of hydrogen-bond acceptors (Lipinski definition) is 4. The number of rotatable bonds is 6. The molecule has 2 aliphatic heterocycles. The van der Waals surface area contributed by atoms with Crippen LogP contribution in [-0.2, 0) is 6.42 Å². The number of hydrogen-bond donors (Lipinski definition) is 0. The number of nitrogens with zero attached hydrogens (tertiary/aromatic N) is 2. The highest BCUT2D eigenvalue weighted by molar-refractivity contribution is 6.94. The maximum Gasteiger partial charge on any atom is 0.333 e. The number of benzene rings is 8. The van der Waals surface area contributed by atoms with Gasteiger partial charge in [-0.15, -0.1) is 0 Å². The minimum Gasteiger partial charge on any atom is -0.456 e. The average molecular weight is 733 g/mol. The highest BCUT2D eigenvalue weighted by Crippen LogP contribution is 2.52. The Labute approximate surface area is 331 Å². The standard InChI is InChI=1S/C52H37BN2O2/c1-2-3-16-33-27-28-43(39(29-33)34-17-6-4-7-18-34)54-45-32-49-40(36-21-11-14-25-47(36)56-49)30-42(45)53-51-46(54)31-41-37-22-12-15-26-48(37)57-52(41)50(51)38-23-10-13-24-44(38)55(53)35-19-8-5-9-20-35/h4-15,17-32H,2-3,16H2,1H3. The summed E-state index contributed by atoms with van der Waals surface area (Å²) in [6.07, 6.45) is 3.35. The molecular weight excluding hydrogens is 695 g/mol. The maximum absolute atomic E-state index is 6.96. The largest absolute Gasteiger partial charge is 0.456 e.